The molecule has 1 aliphatic rings. The molecule has 0 spiro atoms. The molecule has 0 saturated carbocycles. The molecule has 6 nitrogen and oxygen atoms in total. The molecule has 132 valence electrons. The van der Waals surface area contributed by atoms with E-state index in [-0.39, 0.29) is 18.4 Å². The van der Waals surface area contributed by atoms with E-state index in [1.54, 1.807) is 15.6 Å². The SMILES string of the molecule is Cc1cc(C)cc(COC(=O)N2CCCn3nc(C(=O)Cl)cc3C2)c1. The van der Waals surface area contributed by atoms with E-state index in [1.165, 1.54) is 0 Å². The van der Waals surface area contributed by atoms with Crippen LogP contribution in [0.4, 0.5) is 4.79 Å². The van der Waals surface area contributed by atoms with Crippen molar-refractivity contribution in [1.82, 2.24) is 14.7 Å². The van der Waals surface area contributed by atoms with Crippen molar-refractivity contribution in [2.75, 3.05) is 6.54 Å². The molecule has 1 amide bonds. The molecule has 2 aromatic rings. The van der Waals surface area contributed by atoms with E-state index in [4.69, 9.17) is 16.3 Å². The van der Waals surface area contributed by atoms with Gasteiger partial charge in [-0.2, -0.15) is 5.10 Å². The molecule has 0 saturated heterocycles. The van der Waals surface area contributed by atoms with Gasteiger partial charge in [0.15, 0.2) is 0 Å². The lowest BCUT2D eigenvalue weighted by molar-refractivity contribution is 0.0941. The van der Waals surface area contributed by atoms with Gasteiger partial charge >= 0.3 is 6.09 Å². The van der Waals surface area contributed by atoms with Crippen LogP contribution in [0.25, 0.3) is 0 Å². The number of ether oxygens (including phenoxy) is 1. The van der Waals surface area contributed by atoms with Crippen LogP contribution in [-0.4, -0.2) is 32.6 Å². The van der Waals surface area contributed by atoms with Crippen molar-refractivity contribution in [2.45, 2.75) is 40.0 Å². The van der Waals surface area contributed by atoms with Crippen molar-refractivity contribution in [3.8, 4) is 0 Å². The predicted octanol–water partition coefficient (Wildman–Crippen LogP) is 3.42. The van der Waals surface area contributed by atoms with Crippen LogP contribution in [0.5, 0.6) is 0 Å². The first-order valence-corrected chi connectivity index (χ1v) is 8.55. The number of halogens is 1. The van der Waals surface area contributed by atoms with Crippen molar-refractivity contribution in [3.63, 3.8) is 0 Å². The van der Waals surface area contributed by atoms with Crippen LogP contribution in [-0.2, 0) is 24.4 Å². The van der Waals surface area contributed by atoms with Gasteiger partial charge in [-0.25, -0.2) is 4.79 Å². The molecule has 0 fully saturated rings. The maximum Gasteiger partial charge on any atom is 0.410 e. The smallest absolute Gasteiger partial charge is 0.410 e. The summed E-state index contributed by atoms with van der Waals surface area (Å²) in [5, 5.41) is 3.58. The average Bonchev–Trinajstić information content (AvgIpc) is 2.84. The fourth-order valence-corrected chi connectivity index (χ4v) is 3.20. The van der Waals surface area contributed by atoms with Gasteiger partial charge in [0, 0.05) is 13.1 Å². The van der Waals surface area contributed by atoms with Crippen LogP contribution in [0.2, 0.25) is 0 Å². The number of carbonyl (C=O) groups excluding carboxylic acids is 2. The first kappa shape index (κ1) is 17.5. The first-order chi connectivity index (χ1) is 11.9. The lowest BCUT2D eigenvalue weighted by Gasteiger charge is -2.19. The van der Waals surface area contributed by atoms with Gasteiger partial charge in [0.1, 0.15) is 12.3 Å². The van der Waals surface area contributed by atoms with Gasteiger partial charge in [0.2, 0.25) is 0 Å². The lowest BCUT2D eigenvalue weighted by Crippen LogP contribution is -2.31. The second-order valence-electron chi connectivity index (χ2n) is 6.34. The van der Waals surface area contributed by atoms with Gasteiger partial charge < -0.3 is 9.64 Å². The topological polar surface area (TPSA) is 64.4 Å². The summed E-state index contributed by atoms with van der Waals surface area (Å²) in [6.45, 7) is 5.85. The van der Waals surface area contributed by atoms with Crippen molar-refractivity contribution in [2.24, 2.45) is 0 Å². The molecule has 3 rings (SSSR count). The van der Waals surface area contributed by atoms with Gasteiger partial charge in [-0.1, -0.05) is 29.3 Å². The highest BCUT2D eigenvalue weighted by molar-refractivity contribution is 6.67. The number of hydrogen-bond acceptors (Lipinski definition) is 4. The first-order valence-electron chi connectivity index (χ1n) is 8.18. The highest BCUT2D eigenvalue weighted by Gasteiger charge is 2.22. The van der Waals surface area contributed by atoms with E-state index >= 15 is 0 Å². The fourth-order valence-electron chi connectivity index (χ4n) is 3.10. The zero-order valence-corrected chi connectivity index (χ0v) is 15.0. The molecule has 7 heteroatoms. The molecule has 0 bridgehead atoms. The molecule has 1 aromatic heterocycles. The van der Waals surface area contributed by atoms with Crippen molar-refractivity contribution >= 4 is 22.9 Å². The van der Waals surface area contributed by atoms with Crippen LogP contribution < -0.4 is 0 Å². The summed E-state index contributed by atoms with van der Waals surface area (Å²) in [5.74, 6) is 0. The number of aryl methyl sites for hydroxylation is 3. The molecule has 0 N–H and O–H groups in total. The standard InChI is InChI=1S/C18H20ClN3O3/c1-12-6-13(2)8-14(7-12)11-25-18(24)21-4-3-5-22-15(10-21)9-16(20-22)17(19)23/h6-9H,3-5,10-11H2,1-2H3. The van der Waals surface area contributed by atoms with E-state index in [0.717, 1.165) is 28.8 Å². The van der Waals surface area contributed by atoms with Gasteiger partial charge in [-0.3, -0.25) is 9.48 Å². The quantitative estimate of drug-likeness (QED) is 0.786. The van der Waals surface area contributed by atoms with Crippen LogP contribution in [0.15, 0.2) is 24.3 Å². The predicted molar refractivity (Wildman–Crippen MR) is 93.5 cm³/mol. The Hall–Kier alpha value is -2.34. The average molecular weight is 362 g/mol. The van der Waals surface area contributed by atoms with Gasteiger partial charge in [-0.15, -0.1) is 0 Å². The lowest BCUT2D eigenvalue weighted by atomic mass is 10.1. The second kappa shape index (κ2) is 7.27. The van der Waals surface area contributed by atoms with Crippen LogP contribution in [0.1, 0.15) is 39.3 Å². The van der Waals surface area contributed by atoms with Crippen molar-refractivity contribution in [3.05, 3.63) is 52.3 Å². The van der Waals surface area contributed by atoms with Crippen LogP contribution in [0, 0.1) is 13.8 Å². The maximum absolute atomic E-state index is 12.4. The van der Waals surface area contributed by atoms with Crippen molar-refractivity contribution in [1.29, 1.82) is 0 Å². The Kier molecular flexibility index (Phi) is 5.08. The van der Waals surface area contributed by atoms with Crippen LogP contribution in [0.3, 0.4) is 0 Å². The normalized spacial score (nSPS) is 14.0. The summed E-state index contributed by atoms with van der Waals surface area (Å²) >= 11 is 5.49. The molecular weight excluding hydrogens is 342 g/mol. The second-order valence-corrected chi connectivity index (χ2v) is 6.69. The van der Waals surface area contributed by atoms with Gasteiger partial charge in [-0.05, 0) is 43.5 Å². The summed E-state index contributed by atoms with van der Waals surface area (Å²) in [5.41, 5.74) is 4.25. The van der Waals surface area contributed by atoms with E-state index < -0.39 is 5.24 Å². The summed E-state index contributed by atoms with van der Waals surface area (Å²) in [6.07, 6.45) is 0.371. The van der Waals surface area contributed by atoms with Crippen molar-refractivity contribution < 1.29 is 14.3 Å². The highest BCUT2D eigenvalue weighted by Crippen LogP contribution is 2.17. The Morgan fingerprint density at radius 2 is 1.88 bits per heavy atom. The third-order valence-corrected chi connectivity index (χ3v) is 4.31. The monoisotopic (exact) mass is 361 g/mol. The van der Waals surface area contributed by atoms with E-state index in [1.807, 2.05) is 26.0 Å². The molecule has 0 aliphatic carbocycles. The third kappa shape index (κ3) is 4.20. The molecule has 0 unspecified atom stereocenters. The molecule has 2 heterocycles. The number of benzene rings is 1. The fraction of sp³-hybridized carbons (Fsp3) is 0.389. The highest BCUT2D eigenvalue weighted by atomic mass is 35.5. The molecule has 0 atom stereocenters. The number of carbonyl (C=O) groups is 2. The number of fused-ring (bicyclic) bond motifs is 1. The summed E-state index contributed by atoms with van der Waals surface area (Å²) in [4.78, 5) is 25.3. The summed E-state index contributed by atoms with van der Waals surface area (Å²) < 4.78 is 7.20. The minimum atomic E-state index is -0.593. The summed E-state index contributed by atoms with van der Waals surface area (Å²) in [6, 6.07) is 7.73. The number of amides is 1. The van der Waals surface area contributed by atoms with E-state index in [2.05, 4.69) is 11.2 Å². The molecule has 1 aliphatic heterocycles. The van der Waals surface area contributed by atoms with Crippen LogP contribution >= 0.6 is 11.6 Å². The van der Waals surface area contributed by atoms with E-state index in [9.17, 15) is 9.59 Å². The number of rotatable bonds is 3. The Morgan fingerprint density at radius 1 is 1.16 bits per heavy atom. The molecule has 0 radical (unpaired) electrons. The van der Waals surface area contributed by atoms with E-state index in [0.29, 0.717) is 19.6 Å². The minimum absolute atomic E-state index is 0.210. The summed E-state index contributed by atoms with van der Waals surface area (Å²) in [7, 11) is 0. The maximum atomic E-state index is 12.4. The minimum Gasteiger partial charge on any atom is -0.445 e. The van der Waals surface area contributed by atoms with Gasteiger partial charge in [0.25, 0.3) is 5.24 Å². The largest absolute Gasteiger partial charge is 0.445 e. The zero-order chi connectivity index (χ0) is 18.0. The van der Waals surface area contributed by atoms with Gasteiger partial charge in [0.05, 0.1) is 12.2 Å². The Labute approximate surface area is 151 Å². The third-order valence-electron chi connectivity index (χ3n) is 4.12. The Balaban J connectivity index is 1.66. The number of nitrogens with zero attached hydrogens (tertiary/aromatic N) is 3. The molecular formula is C18H20ClN3O3. The zero-order valence-electron chi connectivity index (χ0n) is 14.3. The Bertz CT molecular complexity index is 796. The molecule has 1 aromatic carbocycles. The number of aromatic nitrogens is 2. The Morgan fingerprint density at radius 3 is 2.56 bits per heavy atom. The molecule has 25 heavy (non-hydrogen) atoms. The number of hydrogen-bond donors (Lipinski definition) is 0.